The number of hydrogen-bond donors (Lipinski definition) is 4. The fraction of sp³-hybridized carbons (Fsp3) is 0.0909. The van der Waals surface area contributed by atoms with Crippen LogP contribution < -0.4 is 16.4 Å². The van der Waals surface area contributed by atoms with E-state index in [1.165, 1.54) is 6.07 Å². The molecule has 0 saturated heterocycles. The molecule has 34 heavy (non-hydrogen) atoms. The van der Waals surface area contributed by atoms with Gasteiger partial charge < -0.3 is 21.4 Å². The quantitative estimate of drug-likeness (QED) is 0.272. The summed E-state index contributed by atoms with van der Waals surface area (Å²) >= 11 is 0.872. The van der Waals surface area contributed by atoms with Crippen LogP contribution in [0.3, 0.4) is 0 Å². The van der Waals surface area contributed by atoms with Gasteiger partial charge in [-0.15, -0.1) is 12.4 Å². The van der Waals surface area contributed by atoms with Crippen molar-refractivity contribution in [3.8, 4) is 0 Å². The van der Waals surface area contributed by atoms with Gasteiger partial charge in [0, 0.05) is 23.6 Å². The number of imidazole rings is 1. The van der Waals surface area contributed by atoms with Gasteiger partial charge in [-0.1, -0.05) is 17.4 Å². The minimum absolute atomic E-state index is 0. The smallest absolute Gasteiger partial charge is 0.251 e. The number of ketones is 1. The monoisotopic (exact) mass is 504 g/mol. The van der Waals surface area contributed by atoms with Gasteiger partial charge in [-0.2, -0.15) is 0 Å². The Morgan fingerprint density at radius 2 is 1.79 bits per heavy atom. The molecule has 0 fully saturated rings. The number of rotatable bonds is 7. The number of nitrogens with one attached hydrogen (secondary N) is 3. The summed E-state index contributed by atoms with van der Waals surface area (Å²) in [6.45, 7) is 1.81. The van der Waals surface area contributed by atoms with Gasteiger partial charge in [0.15, 0.2) is 5.13 Å². The number of H-pyrrole nitrogens is 1. The number of amides is 1. The van der Waals surface area contributed by atoms with E-state index < -0.39 is 23.0 Å². The lowest BCUT2D eigenvalue weighted by atomic mass is 10.1. The summed E-state index contributed by atoms with van der Waals surface area (Å²) in [5, 5.41) is 6.07. The van der Waals surface area contributed by atoms with Gasteiger partial charge in [0.25, 0.3) is 5.91 Å². The summed E-state index contributed by atoms with van der Waals surface area (Å²) in [7, 11) is 0. The second-order valence-corrected chi connectivity index (χ2v) is 8.03. The van der Waals surface area contributed by atoms with Crippen molar-refractivity contribution in [1.29, 1.82) is 0 Å². The highest BCUT2D eigenvalue weighted by molar-refractivity contribution is 7.18. The van der Waals surface area contributed by atoms with E-state index in [1.807, 2.05) is 6.92 Å². The van der Waals surface area contributed by atoms with Crippen molar-refractivity contribution in [3.63, 3.8) is 0 Å². The van der Waals surface area contributed by atoms with Gasteiger partial charge in [0.1, 0.15) is 28.2 Å². The molecule has 1 amide bonds. The molecule has 4 aromatic rings. The van der Waals surface area contributed by atoms with Crippen molar-refractivity contribution in [2.45, 2.75) is 13.0 Å². The van der Waals surface area contributed by atoms with Gasteiger partial charge in [0.2, 0.25) is 5.78 Å². The predicted octanol–water partition coefficient (Wildman–Crippen LogP) is 4.61. The third-order valence-corrected chi connectivity index (χ3v) is 5.71. The van der Waals surface area contributed by atoms with E-state index in [0.717, 1.165) is 23.5 Å². The van der Waals surface area contributed by atoms with Crippen LogP contribution >= 0.6 is 23.7 Å². The van der Waals surface area contributed by atoms with E-state index >= 15 is 0 Å². The summed E-state index contributed by atoms with van der Waals surface area (Å²) in [6, 6.07) is 9.42. The Balaban J connectivity index is 0.00000324. The molecule has 0 saturated carbocycles. The van der Waals surface area contributed by atoms with E-state index in [0.29, 0.717) is 17.1 Å². The molecular weight excluding hydrogens is 486 g/mol. The van der Waals surface area contributed by atoms with Crippen molar-refractivity contribution in [2.24, 2.45) is 0 Å². The first-order valence-corrected chi connectivity index (χ1v) is 10.6. The molecule has 176 valence electrons. The minimum Gasteiger partial charge on any atom is -0.382 e. The number of halogens is 3. The highest BCUT2D eigenvalue weighted by Gasteiger charge is 2.24. The number of aromatic amines is 1. The fourth-order valence-corrected chi connectivity index (χ4v) is 3.92. The molecule has 12 heteroatoms. The van der Waals surface area contributed by atoms with Gasteiger partial charge in [0.05, 0.1) is 11.6 Å². The maximum Gasteiger partial charge on any atom is 0.251 e. The lowest BCUT2D eigenvalue weighted by Crippen LogP contribution is -2.27. The van der Waals surface area contributed by atoms with Crippen LogP contribution in [0.4, 0.5) is 25.4 Å². The molecule has 0 aliphatic rings. The molecular formula is C22H19ClF2N6O2S. The third kappa shape index (κ3) is 5.21. The Labute approximate surface area is 203 Å². The molecule has 1 atom stereocenters. The molecule has 2 aromatic heterocycles. The van der Waals surface area contributed by atoms with E-state index in [-0.39, 0.29) is 40.2 Å². The molecule has 1 unspecified atom stereocenters. The van der Waals surface area contributed by atoms with Crippen LogP contribution in [0, 0.1) is 11.6 Å². The van der Waals surface area contributed by atoms with Gasteiger partial charge in [-0.25, -0.2) is 18.7 Å². The van der Waals surface area contributed by atoms with Crippen molar-refractivity contribution in [2.75, 3.05) is 11.1 Å². The average molecular weight is 505 g/mol. The molecule has 5 N–H and O–H groups in total. The third-order valence-electron chi connectivity index (χ3n) is 4.72. The van der Waals surface area contributed by atoms with Crippen molar-refractivity contribution in [3.05, 3.63) is 88.3 Å². The molecule has 0 aliphatic carbocycles. The molecule has 4 rings (SSSR count). The summed E-state index contributed by atoms with van der Waals surface area (Å²) in [4.78, 5) is 36.1. The zero-order valence-electron chi connectivity index (χ0n) is 17.6. The molecule has 2 aromatic carbocycles. The summed E-state index contributed by atoms with van der Waals surface area (Å²) in [6.07, 6.45) is 3.28. The number of nitrogens with zero attached hydrogens (tertiary/aromatic N) is 2. The Morgan fingerprint density at radius 3 is 2.41 bits per heavy atom. The zero-order chi connectivity index (χ0) is 23.5. The minimum atomic E-state index is -0.974. The number of aromatic nitrogens is 3. The number of benzene rings is 2. The summed E-state index contributed by atoms with van der Waals surface area (Å²) < 4.78 is 27.9. The van der Waals surface area contributed by atoms with Crippen LogP contribution in [-0.4, -0.2) is 26.6 Å². The Morgan fingerprint density at radius 1 is 1.12 bits per heavy atom. The summed E-state index contributed by atoms with van der Waals surface area (Å²) in [5.74, 6) is -2.60. The van der Waals surface area contributed by atoms with Gasteiger partial charge >= 0.3 is 0 Å². The molecule has 0 spiro atoms. The normalized spacial score (nSPS) is 11.4. The number of nitrogens with two attached hydrogens (primary N) is 1. The van der Waals surface area contributed by atoms with Gasteiger partial charge in [-0.05, 0) is 43.3 Å². The molecule has 2 heterocycles. The van der Waals surface area contributed by atoms with E-state index in [1.54, 1.807) is 36.7 Å². The maximum absolute atomic E-state index is 14.0. The number of hydrogen-bond acceptors (Lipinski definition) is 7. The first-order valence-electron chi connectivity index (χ1n) is 9.75. The van der Waals surface area contributed by atoms with E-state index in [4.69, 9.17) is 5.73 Å². The summed E-state index contributed by atoms with van der Waals surface area (Å²) in [5.41, 5.74) is 6.15. The SMILES string of the molecule is CC(NC(=O)c1ccc(Nc2nc(N)c(C(=O)c3c(F)cccc3F)s2)cc1)c1ncc[nH]1.Cl. The zero-order valence-corrected chi connectivity index (χ0v) is 19.3. The Bertz CT molecular complexity index is 1290. The molecule has 0 bridgehead atoms. The predicted molar refractivity (Wildman–Crippen MR) is 128 cm³/mol. The highest BCUT2D eigenvalue weighted by Crippen LogP contribution is 2.31. The number of thiazole rings is 1. The van der Waals surface area contributed by atoms with Crippen molar-refractivity contribution >= 4 is 52.1 Å². The van der Waals surface area contributed by atoms with E-state index in [2.05, 4.69) is 25.6 Å². The standard InChI is InChI=1S/C22H18F2N6O2S.ClH/c1-11(20-26-9-10-27-20)28-21(32)12-5-7-13(8-6-12)29-22-30-19(25)18(33-22)17(31)16-14(23)3-2-4-15(16)24;/h2-11H,25H2,1H3,(H,26,27)(H,28,32)(H,29,30);1H. The number of carbonyl (C=O) groups is 2. The van der Waals surface area contributed by atoms with Crippen LogP contribution in [0.5, 0.6) is 0 Å². The second kappa shape index (κ2) is 10.4. The molecule has 0 radical (unpaired) electrons. The first-order chi connectivity index (χ1) is 15.8. The van der Waals surface area contributed by atoms with E-state index in [9.17, 15) is 18.4 Å². The molecule has 0 aliphatic heterocycles. The Hall–Kier alpha value is -3.83. The highest BCUT2D eigenvalue weighted by atomic mass is 35.5. The van der Waals surface area contributed by atoms with Crippen molar-refractivity contribution < 1.29 is 18.4 Å². The second-order valence-electron chi connectivity index (χ2n) is 7.03. The first kappa shape index (κ1) is 24.8. The largest absolute Gasteiger partial charge is 0.382 e. The van der Waals surface area contributed by atoms with Crippen LogP contribution in [0.2, 0.25) is 0 Å². The van der Waals surface area contributed by atoms with Gasteiger partial charge in [-0.3, -0.25) is 9.59 Å². The number of carbonyl (C=O) groups excluding carboxylic acids is 2. The lowest BCUT2D eigenvalue weighted by molar-refractivity contribution is 0.0937. The number of anilines is 3. The maximum atomic E-state index is 14.0. The van der Waals surface area contributed by atoms with Crippen LogP contribution in [0.25, 0.3) is 0 Å². The van der Waals surface area contributed by atoms with Crippen LogP contribution in [-0.2, 0) is 0 Å². The lowest BCUT2D eigenvalue weighted by Gasteiger charge is -2.12. The fourth-order valence-electron chi connectivity index (χ4n) is 3.07. The Kier molecular flexibility index (Phi) is 7.59. The van der Waals surface area contributed by atoms with Crippen molar-refractivity contribution in [1.82, 2.24) is 20.3 Å². The average Bonchev–Trinajstić information content (AvgIpc) is 3.44. The van der Waals surface area contributed by atoms with Crippen LogP contribution in [0.15, 0.2) is 54.9 Å². The topological polar surface area (TPSA) is 126 Å². The number of nitrogen functional groups attached to an aromatic ring is 1. The molecule has 8 nitrogen and oxygen atoms in total. The van der Waals surface area contributed by atoms with Crippen LogP contribution in [0.1, 0.15) is 44.4 Å².